The molecular weight excluding hydrogens is 597 g/mol. The number of rotatable bonds is 41. The molecule has 0 aromatic heterocycles. The highest BCUT2D eigenvalue weighted by molar-refractivity contribution is 7.50. The van der Waals surface area contributed by atoms with Gasteiger partial charge in [0.1, 0.15) is 0 Å². The zero-order valence-corrected chi connectivity index (χ0v) is 33.6. The molecule has 0 spiro atoms. The van der Waals surface area contributed by atoms with Gasteiger partial charge < -0.3 is 4.89 Å². The molecule has 0 aromatic carbocycles. The molecule has 0 saturated carbocycles. The molecule has 47 heavy (non-hydrogen) atoms. The van der Waals surface area contributed by atoms with E-state index in [-0.39, 0.29) is 0 Å². The van der Waals surface area contributed by atoms with Crippen molar-refractivity contribution in [1.29, 1.82) is 0 Å². The van der Waals surface area contributed by atoms with E-state index >= 15 is 0 Å². The molecule has 0 saturated heterocycles. The summed E-state index contributed by atoms with van der Waals surface area (Å²) in [5.41, 5.74) is 0. The van der Waals surface area contributed by atoms with E-state index in [4.69, 9.17) is 4.52 Å². The van der Waals surface area contributed by atoms with E-state index in [1.54, 1.807) is 0 Å². The lowest BCUT2D eigenvalue weighted by molar-refractivity contribution is 0.194. The third-order valence-corrected chi connectivity index (χ3v) is 11.8. The summed E-state index contributed by atoms with van der Waals surface area (Å²) in [5, 5.41) is 0. The van der Waals surface area contributed by atoms with Crippen molar-refractivity contribution in [3.63, 3.8) is 0 Å². The Balaban J connectivity index is 4.10. The van der Waals surface area contributed by atoms with Gasteiger partial charge in [-0.05, 0) is 19.3 Å². The molecule has 0 fully saturated rings. The topological polar surface area (TPSA) is 49.8 Å². The molecule has 284 valence electrons. The van der Waals surface area contributed by atoms with Gasteiger partial charge in [0.25, 0.3) is 0 Å². The Bertz CT molecular complexity index is 597. The minimum atomic E-state index is -3.71. The minimum absolute atomic E-state index is 0.411. The van der Waals surface area contributed by atoms with Crippen LogP contribution < -0.4 is 0 Å². The van der Waals surface area contributed by atoms with E-state index in [1.807, 2.05) is 4.67 Å². The smallest absolute Gasteiger partial charge is 0.312 e. The molecule has 0 heterocycles. The molecule has 0 radical (unpaired) electrons. The van der Waals surface area contributed by atoms with E-state index in [9.17, 15) is 9.46 Å². The predicted octanol–water partition coefficient (Wildman–Crippen LogP) is 15.5. The number of unbranched alkanes of at least 4 members (excludes halogenated alkanes) is 33. The van der Waals surface area contributed by atoms with Gasteiger partial charge in [0.2, 0.25) is 0 Å². The van der Waals surface area contributed by atoms with Gasteiger partial charge in [-0.2, -0.15) is 0 Å². The van der Waals surface area contributed by atoms with Crippen molar-refractivity contribution in [2.45, 2.75) is 252 Å². The fourth-order valence-corrected chi connectivity index (χ4v) is 8.16. The molecule has 4 nitrogen and oxygen atoms in total. The molecule has 1 N–H and O–H groups in total. The molecular formula is C42H88NO3P. The Morgan fingerprint density at radius 2 is 0.574 bits per heavy atom. The number of hydrogen-bond donors (Lipinski definition) is 1. The Kier molecular flexibility index (Phi) is 39.0. The average Bonchev–Trinajstić information content (AvgIpc) is 3.06. The zero-order valence-electron chi connectivity index (χ0n) is 32.7. The first kappa shape index (κ1) is 47.1. The molecule has 5 heteroatoms. The highest BCUT2D eigenvalue weighted by atomic mass is 31.2. The Morgan fingerprint density at radius 1 is 0.362 bits per heavy atom. The fraction of sp³-hybridized carbons (Fsp3) is 1.00. The molecule has 0 aliphatic heterocycles. The second-order valence-corrected chi connectivity index (χ2v) is 16.7. The summed E-state index contributed by atoms with van der Waals surface area (Å²) in [6.45, 7) is 8.61. The second-order valence-electron chi connectivity index (χ2n) is 14.9. The predicted molar refractivity (Wildman–Crippen MR) is 211 cm³/mol. The average molecular weight is 686 g/mol. The van der Waals surface area contributed by atoms with E-state index in [2.05, 4.69) is 20.8 Å². The van der Waals surface area contributed by atoms with Crippen molar-refractivity contribution in [2.75, 3.05) is 19.7 Å². The van der Waals surface area contributed by atoms with Crippen molar-refractivity contribution < 1.29 is 14.0 Å². The maximum absolute atomic E-state index is 13.3. The summed E-state index contributed by atoms with van der Waals surface area (Å²) < 4.78 is 20.8. The van der Waals surface area contributed by atoms with Crippen molar-refractivity contribution in [2.24, 2.45) is 0 Å². The number of nitrogens with zero attached hydrogens (tertiary/aromatic N) is 1. The summed E-state index contributed by atoms with van der Waals surface area (Å²) >= 11 is 0. The lowest BCUT2D eigenvalue weighted by Crippen LogP contribution is -2.24. The van der Waals surface area contributed by atoms with Gasteiger partial charge in [0.05, 0.1) is 6.61 Å². The van der Waals surface area contributed by atoms with Crippen LogP contribution in [0.4, 0.5) is 0 Å². The molecule has 0 rings (SSSR count). The molecule has 0 bridgehead atoms. The Labute approximate surface area is 297 Å². The SMILES string of the molecule is CCCCCCCCCCCCCCCCCN(CCCCCCCCCCCCCCCCC)P(=O)(O)OCCCCCCCC. The van der Waals surface area contributed by atoms with Gasteiger partial charge in [-0.1, -0.05) is 233 Å². The van der Waals surface area contributed by atoms with Gasteiger partial charge in [-0.25, -0.2) is 9.24 Å². The number of hydrogen-bond acceptors (Lipinski definition) is 2. The first-order chi connectivity index (χ1) is 23.1. The second kappa shape index (κ2) is 38.9. The van der Waals surface area contributed by atoms with Crippen LogP contribution in [-0.2, 0) is 9.09 Å². The highest BCUT2D eigenvalue weighted by Gasteiger charge is 2.28. The van der Waals surface area contributed by atoms with E-state index in [1.165, 1.54) is 193 Å². The maximum Gasteiger partial charge on any atom is 0.405 e. The highest BCUT2D eigenvalue weighted by Crippen LogP contribution is 2.47. The molecule has 1 atom stereocenters. The Morgan fingerprint density at radius 3 is 0.830 bits per heavy atom. The molecule has 0 amide bonds. The van der Waals surface area contributed by atoms with E-state index < -0.39 is 7.75 Å². The van der Waals surface area contributed by atoms with Gasteiger partial charge in [-0.3, -0.25) is 4.52 Å². The van der Waals surface area contributed by atoms with Crippen molar-refractivity contribution in [1.82, 2.24) is 4.67 Å². The lowest BCUT2D eigenvalue weighted by Gasteiger charge is -2.26. The zero-order chi connectivity index (χ0) is 34.4. The molecule has 1 unspecified atom stereocenters. The first-order valence-corrected chi connectivity index (χ1v) is 23.3. The normalized spacial score (nSPS) is 13.1. The van der Waals surface area contributed by atoms with Crippen LogP contribution in [0.25, 0.3) is 0 Å². The molecule has 0 aromatic rings. The van der Waals surface area contributed by atoms with Gasteiger partial charge >= 0.3 is 7.75 Å². The van der Waals surface area contributed by atoms with Crippen LogP contribution in [0.1, 0.15) is 252 Å². The maximum atomic E-state index is 13.3. The summed E-state index contributed by atoms with van der Waals surface area (Å²) in [7, 11) is -3.71. The summed E-state index contributed by atoms with van der Waals surface area (Å²) in [4.78, 5) is 10.9. The van der Waals surface area contributed by atoms with Crippen LogP contribution in [0.15, 0.2) is 0 Å². The van der Waals surface area contributed by atoms with Crippen LogP contribution >= 0.6 is 7.75 Å². The van der Waals surface area contributed by atoms with Gasteiger partial charge in [0.15, 0.2) is 0 Å². The summed E-state index contributed by atoms with van der Waals surface area (Å²) in [6.07, 6.45) is 47.2. The molecule has 0 aliphatic rings. The third-order valence-electron chi connectivity index (χ3n) is 10.2. The monoisotopic (exact) mass is 686 g/mol. The lowest BCUT2D eigenvalue weighted by atomic mass is 10.0. The van der Waals surface area contributed by atoms with Crippen LogP contribution in [0.5, 0.6) is 0 Å². The fourth-order valence-electron chi connectivity index (χ4n) is 6.84. The van der Waals surface area contributed by atoms with Crippen molar-refractivity contribution in [3.8, 4) is 0 Å². The van der Waals surface area contributed by atoms with E-state index in [0.29, 0.717) is 19.7 Å². The van der Waals surface area contributed by atoms with Gasteiger partial charge in [0, 0.05) is 13.1 Å². The van der Waals surface area contributed by atoms with E-state index in [0.717, 1.165) is 38.5 Å². The van der Waals surface area contributed by atoms with Crippen molar-refractivity contribution in [3.05, 3.63) is 0 Å². The van der Waals surface area contributed by atoms with Crippen LogP contribution in [0, 0.1) is 0 Å². The van der Waals surface area contributed by atoms with Crippen LogP contribution in [-0.4, -0.2) is 29.3 Å². The molecule has 0 aliphatic carbocycles. The first-order valence-electron chi connectivity index (χ1n) is 21.8. The van der Waals surface area contributed by atoms with Crippen molar-refractivity contribution >= 4 is 7.75 Å². The minimum Gasteiger partial charge on any atom is -0.312 e. The summed E-state index contributed by atoms with van der Waals surface area (Å²) in [6, 6.07) is 0. The quantitative estimate of drug-likeness (QED) is 0.0514. The Hall–Kier alpha value is 0.110. The standard InChI is InChI=1S/C42H88NO3P/c1-4-7-10-13-16-18-20-22-24-26-28-30-32-34-37-40-43(47(44,45)46-42-39-36-15-12-9-6-3)41-38-35-33-31-29-27-25-23-21-19-17-14-11-8-5-2/h4-42H2,1-3H3,(H,44,45). The third kappa shape index (κ3) is 35.7. The summed E-state index contributed by atoms with van der Waals surface area (Å²) in [5.74, 6) is 0. The van der Waals surface area contributed by atoms with Gasteiger partial charge in [-0.15, -0.1) is 0 Å². The van der Waals surface area contributed by atoms with Crippen LogP contribution in [0.3, 0.4) is 0 Å². The van der Waals surface area contributed by atoms with Crippen LogP contribution in [0.2, 0.25) is 0 Å². The largest absolute Gasteiger partial charge is 0.405 e.